The molecule has 43 heteroatoms. The summed E-state index contributed by atoms with van der Waals surface area (Å²) in [6.07, 6.45) is -72.0. The molecule has 2 unspecified atom stereocenters. The van der Waals surface area contributed by atoms with E-state index in [2.05, 4.69) is 5.32 Å². The number of phosphoric ester groups is 1. The number of aliphatic hydroxyl groups excluding tert-OH is 19. The fourth-order valence-corrected chi connectivity index (χ4v) is 11.6. The smallest absolute Gasteiger partial charge is 0.472 e. The molecule has 1 amide bonds. The fourth-order valence-electron chi connectivity index (χ4n) is 10.7. The van der Waals surface area contributed by atoms with Gasteiger partial charge in [-0.05, 0) is 0 Å². The molecule has 518 valence electrons. The van der Waals surface area contributed by atoms with E-state index in [9.17, 15) is 136 Å². The summed E-state index contributed by atoms with van der Waals surface area (Å²) in [5.74, 6) is -12.5. The molecule has 26 N–H and O–H groups in total. The van der Waals surface area contributed by atoms with Crippen LogP contribution in [0.3, 0.4) is 0 Å². The predicted octanol–water partition coefficient (Wildman–Crippen LogP) is -15.4. The zero-order valence-electron chi connectivity index (χ0n) is 46.6. The van der Waals surface area contributed by atoms with Crippen molar-refractivity contribution in [1.82, 2.24) is 5.32 Å². The lowest BCUT2D eigenvalue weighted by molar-refractivity contribution is -0.414. The number of carboxylic acid groups (broad SMARTS) is 2. The largest absolute Gasteiger partial charge is 0.477 e. The maximum atomic E-state index is 13.2. The Morgan fingerprint density at radius 1 is 0.573 bits per heavy atom. The Balaban J connectivity index is 1.53. The third-order valence-electron chi connectivity index (χ3n) is 15.3. The highest BCUT2D eigenvalue weighted by atomic mass is 31.2. The Bertz CT molecular complexity index is 2330. The number of nitrogens with two attached hydrogens (primary N) is 1. The van der Waals surface area contributed by atoms with Gasteiger partial charge in [-0.15, -0.1) is 0 Å². The maximum Gasteiger partial charge on any atom is 0.472 e. The number of carbonyl (C=O) groups is 3. The van der Waals surface area contributed by atoms with Crippen LogP contribution in [0.25, 0.3) is 0 Å². The first-order chi connectivity index (χ1) is 41.7. The lowest BCUT2D eigenvalue weighted by Gasteiger charge is -2.53. The van der Waals surface area contributed by atoms with E-state index in [1.807, 2.05) is 0 Å². The molecule has 0 aliphatic carbocycles. The van der Waals surface area contributed by atoms with Crippen LogP contribution in [-0.2, 0) is 80.1 Å². The molecule has 0 aromatic carbocycles. The summed E-state index contributed by atoms with van der Waals surface area (Å²) in [6, 6.07) is -1.98. The summed E-state index contributed by atoms with van der Waals surface area (Å²) < 4.78 is 87.0. The molecule has 6 aliphatic rings. The molecule has 6 heterocycles. The highest BCUT2D eigenvalue weighted by Crippen LogP contribution is 2.47. The topological polar surface area (TPSA) is 692 Å². The molecule has 6 rings (SSSR count). The van der Waals surface area contributed by atoms with Gasteiger partial charge in [-0.1, -0.05) is 0 Å². The molecular weight excluding hydrogens is 1250 g/mol. The minimum Gasteiger partial charge on any atom is -0.477 e. The number of hydrogen-bond acceptors (Lipinski definition) is 38. The quantitative estimate of drug-likeness (QED) is 0.0324. The van der Waals surface area contributed by atoms with Crippen LogP contribution in [0.15, 0.2) is 0 Å². The van der Waals surface area contributed by atoms with Crippen molar-refractivity contribution in [3.8, 4) is 0 Å². The molecule has 0 spiro atoms. The highest BCUT2D eigenvalue weighted by molar-refractivity contribution is 7.47. The number of amides is 1. The lowest BCUT2D eigenvalue weighted by Crippen LogP contribution is -2.71. The Kier molecular flexibility index (Phi) is 26.8. The van der Waals surface area contributed by atoms with Crippen molar-refractivity contribution < 1.29 is 197 Å². The Morgan fingerprint density at radius 3 is 1.64 bits per heavy atom. The summed E-state index contributed by atoms with van der Waals surface area (Å²) in [4.78, 5) is 49.1. The normalized spacial score (nSPS) is 45.2. The highest BCUT2D eigenvalue weighted by Gasteiger charge is 2.64. The molecule has 0 saturated carbocycles. The summed E-state index contributed by atoms with van der Waals surface area (Å²) in [5, 5.41) is 242. The summed E-state index contributed by atoms with van der Waals surface area (Å²) in [6.45, 7) is -8.06. The number of ether oxygens (including phenoxy) is 11. The van der Waals surface area contributed by atoms with E-state index in [1.54, 1.807) is 0 Å². The molecule has 42 nitrogen and oxygen atoms in total. The molecule has 0 bridgehead atoms. The minimum absolute atomic E-state index is 0.416. The summed E-state index contributed by atoms with van der Waals surface area (Å²) >= 11 is 0. The van der Waals surface area contributed by atoms with Crippen molar-refractivity contribution in [2.75, 3.05) is 52.8 Å². The van der Waals surface area contributed by atoms with E-state index in [0.717, 1.165) is 6.92 Å². The van der Waals surface area contributed by atoms with Gasteiger partial charge >= 0.3 is 19.8 Å². The fraction of sp³-hybridized carbons (Fsp3) is 0.935. The van der Waals surface area contributed by atoms with Gasteiger partial charge in [0.15, 0.2) is 25.2 Å². The van der Waals surface area contributed by atoms with Crippen molar-refractivity contribution in [1.29, 1.82) is 0 Å². The van der Waals surface area contributed by atoms with Gasteiger partial charge < -0.3 is 180 Å². The average Bonchev–Trinajstić information content (AvgIpc) is 1.000. The molecule has 89 heavy (non-hydrogen) atoms. The van der Waals surface area contributed by atoms with E-state index in [4.69, 9.17) is 66.9 Å². The first-order valence-corrected chi connectivity index (χ1v) is 28.8. The van der Waals surface area contributed by atoms with Crippen LogP contribution >= 0.6 is 7.82 Å². The maximum absolute atomic E-state index is 13.2. The minimum atomic E-state index is -5.43. The standard InChI is InChI=1S/C46H79N2O40P/c1-12(55)48-21-25(63)23(61)18(9-52)77-39(21)84-38-37(83-40-27(65)26(64)24(62)19(10-53)78-40)29(67)34(20(11-54)88-89(74,75)76-3-2-47)80-42(38)82-36-28(66)31(14(57)6-49)79-41(30(36)68)81-35-17(5-45(73,43(69)70)86-33(35)16(59)8-51)85-46(44(71)72)4-13(56)22(60)32(87-46)15(58)7-50/h13-42,49-54,56-68,73H,2-11,47H2,1H3,(H,48,55)(H,69,70)(H,71,72)(H,74,75)/t13-,14?,15-,16-,17-,18-,19-,20+,21-,22-,23-,24-,25-,26+,27-,28-,29-,30+,31-,32-,33-,34-,35-,36+,37+,38+,39-,40+,41-,42-,45-,46-/m1/s1. The van der Waals surface area contributed by atoms with Crippen LogP contribution in [0.5, 0.6) is 0 Å². The number of carboxylic acids is 2. The van der Waals surface area contributed by atoms with Crippen LogP contribution in [0.2, 0.25) is 0 Å². The third kappa shape index (κ3) is 16.7. The molecule has 6 fully saturated rings. The Hall–Kier alpha value is -2.76. The van der Waals surface area contributed by atoms with Crippen molar-refractivity contribution in [2.45, 2.75) is 215 Å². The molecular formula is C46H79N2O40P. The van der Waals surface area contributed by atoms with Crippen LogP contribution in [0.4, 0.5) is 0 Å². The van der Waals surface area contributed by atoms with Crippen LogP contribution in [-0.4, -0.2) is 383 Å². The van der Waals surface area contributed by atoms with E-state index in [0.29, 0.717) is 0 Å². The van der Waals surface area contributed by atoms with Gasteiger partial charge in [0, 0.05) is 26.3 Å². The lowest BCUT2D eigenvalue weighted by atomic mass is 9.89. The molecule has 6 aliphatic heterocycles. The van der Waals surface area contributed by atoms with Crippen molar-refractivity contribution in [3.05, 3.63) is 0 Å². The van der Waals surface area contributed by atoms with Crippen molar-refractivity contribution in [3.63, 3.8) is 0 Å². The van der Waals surface area contributed by atoms with Gasteiger partial charge in [0.05, 0.1) is 58.5 Å². The Morgan fingerprint density at radius 2 is 1.09 bits per heavy atom. The number of carbonyl (C=O) groups excluding carboxylic acids is 1. The first kappa shape index (κ1) is 75.3. The van der Waals surface area contributed by atoms with Gasteiger partial charge in [-0.3, -0.25) is 13.8 Å². The van der Waals surface area contributed by atoms with Crippen LogP contribution in [0, 0.1) is 0 Å². The number of phosphoric acid groups is 1. The number of nitrogens with one attached hydrogen (secondary N) is 1. The van der Waals surface area contributed by atoms with E-state index in [-0.39, 0.29) is 0 Å². The second kappa shape index (κ2) is 31.7. The Labute approximate surface area is 501 Å². The van der Waals surface area contributed by atoms with Crippen LogP contribution < -0.4 is 11.1 Å². The number of hydrogen-bond donors (Lipinski definition) is 25. The molecule has 6 saturated heterocycles. The van der Waals surface area contributed by atoms with E-state index in [1.165, 1.54) is 0 Å². The predicted molar refractivity (Wildman–Crippen MR) is 269 cm³/mol. The van der Waals surface area contributed by atoms with Crippen molar-refractivity contribution in [2.24, 2.45) is 5.73 Å². The first-order valence-electron chi connectivity index (χ1n) is 27.3. The second-order valence-corrected chi connectivity index (χ2v) is 23.0. The van der Waals surface area contributed by atoms with Crippen LogP contribution in [0.1, 0.15) is 19.8 Å². The van der Waals surface area contributed by atoms with E-state index < -0.39 is 287 Å². The van der Waals surface area contributed by atoms with Gasteiger partial charge in [0.25, 0.3) is 11.6 Å². The zero-order chi connectivity index (χ0) is 66.5. The monoisotopic (exact) mass is 1330 g/mol. The number of aliphatic carboxylic acids is 2. The SMILES string of the molecule is CC(=O)N[C@H]1[C@@H](O[C@@H]2[C@@H](O[C@@H]3[C@H](O)[C@@H](O[C@H]4[C@@H]([C@H](O)CO)O[C@@](O)(C(=O)O)C[C@H]4O[C@]4(C(=O)O)C[C@@H](O)[C@@H](O)[C@@H]([C@H](O)CO)O4)O[C@H](C(O)CO)[C@H]3O)O[C@H]([C@H](CO)OP(=O)(O)OCCN)[C@@H](O)[C@@H]2O[C@@H]2O[C@H](CO)[C@@H](O)[C@H](O)[C@H]2O)O[C@H](CO)[C@@H](O)[C@@H]1O. The molecule has 0 aromatic heterocycles. The van der Waals surface area contributed by atoms with Gasteiger partial charge in [0.2, 0.25) is 5.91 Å². The average molecular weight is 1330 g/mol. The van der Waals surface area contributed by atoms with Crippen molar-refractivity contribution >= 4 is 25.7 Å². The van der Waals surface area contributed by atoms with Gasteiger partial charge in [-0.2, -0.15) is 0 Å². The number of aliphatic hydroxyl groups is 20. The molecule has 0 radical (unpaired) electrons. The molecule has 0 aromatic rings. The van der Waals surface area contributed by atoms with Gasteiger partial charge in [0.1, 0.15) is 146 Å². The number of rotatable bonds is 28. The molecule has 33 atom stereocenters. The summed E-state index contributed by atoms with van der Waals surface area (Å²) in [7, 11) is -5.43. The van der Waals surface area contributed by atoms with E-state index >= 15 is 0 Å². The summed E-state index contributed by atoms with van der Waals surface area (Å²) in [5.41, 5.74) is 5.40. The van der Waals surface area contributed by atoms with Gasteiger partial charge in [-0.25, -0.2) is 14.2 Å². The second-order valence-electron chi connectivity index (χ2n) is 21.5. The zero-order valence-corrected chi connectivity index (χ0v) is 47.5. The third-order valence-corrected chi connectivity index (χ3v) is 16.4.